The molecule has 4 rings (SSSR count). The first-order chi connectivity index (χ1) is 15.9. The van der Waals surface area contributed by atoms with Crippen molar-refractivity contribution in [2.75, 3.05) is 6.61 Å². The fraction of sp³-hybridized carbons (Fsp3) is 0.150. The number of hydrogen-bond donors (Lipinski definition) is 2. The van der Waals surface area contributed by atoms with Gasteiger partial charge in [-0.25, -0.2) is 20.2 Å². The van der Waals surface area contributed by atoms with Crippen LogP contribution in [0.15, 0.2) is 41.3 Å². The van der Waals surface area contributed by atoms with Crippen molar-refractivity contribution in [3.63, 3.8) is 0 Å². The summed E-state index contributed by atoms with van der Waals surface area (Å²) >= 11 is 18.0. The number of carbonyl (C=O) groups is 2. The largest absolute Gasteiger partial charge is 0.339 e. The molecule has 33 heavy (non-hydrogen) atoms. The van der Waals surface area contributed by atoms with Crippen LogP contribution in [-0.2, 0) is 22.7 Å². The molecule has 0 aliphatic carbocycles. The Hall–Kier alpha value is -3.18. The number of pyridine rings is 1. The Kier molecular flexibility index (Phi) is 6.80. The molecule has 1 aromatic carbocycles. The van der Waals surface area contributed by atoms with Gasteiger partial charge >= 0.3 is 5.69 Å². The Labute approximate surface area is 201 Å². The van der Waals surface area contributed by atoms with Gasteiger partial charge < -0.3 is 4.98 Å². The van der Waals surface area contributed by atoms with E-state index in [4.69, 9.17) is 39.6 Å². The Bertz CT molecular complexity index is 1410. The summed E-state index contributed by atoms with van der Waals surface area (Å²) in [5.41, 5.74) is 2.88. The van der Waals surface area contributed by atoms with Gasteiger partial charge in [-0.15, -0.1) is 0 Å². The average Bonchev–Trinajstić information content (AvgIpc) is 3.31. The summed E-state index contributed by atoms with van der Waals surface area (Å²) in [7, 11) is 0. The quantitative estimate of drug-likeness (QED) is 0.118. The number of hydrogen-bond acceptors (Lipinski definition) is 6. The third kappa shape index (κ3) is 4.93. The first kappa shape index (κ1) is 23.0. The minimum atomic E-state index is -0.482. The zero-order valence-corrected chi connectivity index (χ0v) is 19.0. The molecule has 0 aliphatic rings. The molecule has 0 unspecified atom stereocenters. The van der Waals surface area contributed by atoms with Gasteiger partial charge in [0.2, 0.25) is 12.2 Å². The lowest BCUT2D eigenvalue weighted by molar-refractivity contribution is -0.120. The number of nitrogens with zero attached hydrogens (tertiary/aromatic N) is 4. The molecule has 3 heterocycles. The number of imidazole rings is 2. The lowest BCUT2D eigenvalue weighted by Crippen LogP contribution is -2.29. The topological polar surface area (TPSA) is 124 Å². The van der Waals surface area contributed by atoms with Gasteiger partial charge in [-0.2, -0.15) is 0 Å². The molecule has 4 aromatic rings. The molecule has 0 bridgehead atoms. The van der Waals surface area contributed by atoms with Gasteiger partial charge in [0, 0.05) is 16.8 Å². The van der Waals surface area contributed by atoms with Crippen LogP contribution in [0.3, 0.4) is 0 Å². The van der Waals surface area contributed by atoms with Gasteiger partial charge in [0.05, 0.1) is 30.2 Å². The Balaban J connectivity index is 1.71. The van der Waals surface area contributed by atoms with Gasteiger partial charge in [0.1, 0.15) is 16.7 Å². The van der Waals surface area contributed by atoms with Crippen LogP contribution < -0.4 is 11.2 Å². The average molecular weight is 510 g/mol. The maximum atomic E-state index is 13.2. The monoisotopic (exact) mass is 508 g/mol. The van der Waals surface area contributed by atoms with Crippen LogP contribution in [0.1, 0.15) is 21.9 Å². The van der Waals surface area contributed by atoms with E-state index < -0.39 is 11.5 Å². The van der Waals surface area contributed by atoms with E-state index in [1.54, 1.807) is 12.1 Å². The molecule has 2 N–H and O–H groups in total. The van der Waals surface area contributed by atoms with Crippen molar-refractivity contribution in [3.8, 4) is 0 Å². The molecule has 0 atom stereocenters. The molecular weight excluding hydrogens is 495 g/mol. The Morgan fingerprint density at radius 1 is 1.18 bits per heavy atom. The zero-order chi connectivity index (χ0) is 23.5. The number of hydroxylamine groups is 1. The number of rotatable bonds is 9. The molecule has 10 nitrogen and oxygen atoms in total. The van der Waals surface area contributed by atoms with Gasteiger partial charge in [0.15, 0.2) is 5.65 Å². The predicted octanol–water partition coefficient (Wildman–Crippen LogP) is 2.84. The van der Waals surface area contributed by atoms with E-state index in [0.29, 0.717) is 33.6 Å². The van der Waals surface area contributed by atoms with E-state index in [9.17, 15) is 14.4 Å². The summed E-state index contributed by atoms with van der Waals surface area (Å²) in [6.45, 7) is -0.0114. The predicted molar refractivity (Wildman–Crippen MR) is 122 cm³/mol. The van der Waals surface area contributed by atoms with E-state index in [2.05, 4.69) is 15.0 Å². The first-order valence-corrected chi connectivity index (χ1v) is 10.6. The smallest absolute Gasteiger partial charge is 0.329 e. The number of aromatic nitrogens is 5. The van der Waals surface area contributed by atoms with Crippen LogP contribution in [0, 0.1) is 0 Å². The number of amides is 1. The number of aromatic amines is 1. The number of carbonyl (C=O) groups excluding carboxylic acids is 2. The summed E-state index contributed by atoms with van der Waals surface area (Å²) < 4.78 is 2.56. The number of nitrogens with one attached hydrogen (secondary N) is 2. The third-order valence-corrected chi connectivity index (χ3v) is 5.44. The van der Waals surface area contributed by atoms with E-state index in [1.165, 1.54) is 33.5 Å². The van der Waals surface area contributed by atoms with Gasteiger partial charge in [-0.3, -0.25) is 23.6 Å². The van der Waals surface area contributed by atoms with Crippen LogP contribution in [0.5, 0.6) is 0 Å². The van der Waals surface area contributed by atoms with Crippen LogP contribution in [0.2, 0.25) is 15.2 Å². The molecular formula is C20H15Cl3N6O4. The molecule has 13 heteroatoms. The van der Waals surface area contributed by atoms with Crippen molar-refractivity contribution in [3.05, 3.63) is 79.3 Å². The normalized spacial score (nSPS) is 11.1. The fourth-order valence-corrected chi connectivity index (χ4v) is 3.88. The molecule has 0 aliphatic heterocycles. The second-order valence-corrected chi connectivity index (χ2v) is 8.03. The fourth-order valence-electron chi connectivity index (χ4n) is 3.24. The lowest BCUT2D eigenvalue weighted by Gasteiger charge is -2.08. The maximum absolute atomic E-state index is 13.2. The molecule has 0 spiro atoms. The van der Waals surface area contributed by atoms with Crippen molar-refractivity contribution in [2.45, 2.75) is 13.1 Å². The van der Waals surface area contributed by atoms with Crippen molar-refractivity contribution in [1.82, 2.24) is 29.6 Å². The lowest BCUT2D eigenvalue weighted by atomic mass is 10.1. The van der Waals surface area contributed by atoms with Gasteiger partial charge in [-0.1, -0.05) is 34.8 Å². The Morgan fingerprint density at radius 2 is 2.00 bits per heavy atom. The number of ketones is 1. The van der Waals surface area contributed by atoms with E-state index in [1.807, 2.05) is 5.48 Å². The highest BCUT2D eigenvalue weighted by atomic mass is 35.5. The molecule has 1 amide bonds. The second kappa shape index (κ2) is 9.75. The van der Waals surface area contributed by atoms with Crippen LogP contribution in [0.25, 0.3) is 11.2 Å². The zero-order valence-electron chi connectivity index (χ0n) is 16.7. The SMILES string of the molecule is O=CNOCCn1c(C(=O)c2ccc(Cl)cc2Cl)cn(Cc2nc3nc(Cl)ccc3[nH]2)c1=O. The van der Waals surface area contributed by atoms with E-state index >= 15 is 0 Å². The second-order valence-electron chi connectivity index (χ2n) is 6.80. The minimum Gasteiger partial charge on any atom is -0.339 e. The molecule has 170 valence electrons. The number of halogens is 3. The number of fused-ring (bicyclic) bond motifs is 1. The highest BCUT2D eigenvalue weighted by Gasteiger charge is 2.22. The van der Waals surface area contributed by atoms with Crippen LogP contribution in [0.4, 0.5) is 0 Å². The van der Waals surface area contributed by atoms with E-state index in [0.717, 1.165) is 0 Å². The number of benzene rings is 1. The standard InChI is InChI=1S/C20H15Cl3N6O4/c21-11-1-2-12(13(22)7-11)18(31)15-8-28(20(32)29(15)5-6-33-24-10-30)9-17-25-14-3-4-16(23)26-19(14)27-17/h1-4,7-8,10H,5-6,9H2,(H,24,30)(H,25,26,27). The third-order valence-electron chi connectivity index (χ3n) is 4.68. The van der Waals surface area contributed by atoms with Crippen LogP contribution >= 0.6 is 34.8 Å². The summed E-state index contributed by atoms with van der Waals surface area (Å²) in [6.07, 6.45) is 1.77. The minimum absolute atomic E-state index is 0.00372. The Morgan fingerprint density at radius 3 is 2.76 bits per heavy atom. The van der Waals surface area contributed by atoms with Crippen molar-refractivity contribution >= 4 is 58.2 Å². The molecule has 0 saturated heterocycles. The summed E-state index contributed by atoms with van der Waals surface area (Å²) in [4.78, 5) is 53.2. The van der Waals surface area contributed by atoms with Gasteiger partial charge in [-0.05, 0) is 30.3 Å². The first-order valence-electron chi connectivity index (χ1n) is 9.49. The van der Waals surface area contributed by atoms with Gasteiger partial charge in [0.25, 0.3) is 0 Å². The van der Waals surface area contributed by atoms with Crippen molar-refractivity contribution in [2.24, 2.45) is 0 Å². The molecule has 3 aromatic heterocycles. The summed E-state index contributed by atoms with van der Waals surface area (Å²) in [5, 5.41) is 0.817. The van der Waals surface area contributed by atoms with Crippen molar-refractivity contribution < 1.29 is 14.4 Å². The summed E-state index contributed by atoms with van der Waals surface area (Å²) in [5.74, 6) is -0.0321. The van der Waals surface area contributed by atoms with Crippen molar-refractivity contribution in [1.29, 1.82) is 0 Å². The van der Waals surface area contributed by atoms with Crippen LogP contribution in [-0.4, -0.2) is 42.9 Å². The van der Waals surface area contributed by atoms with E-state index in [-0.39, 0.29) is 36.0 Å². The molecule has 0 fully saturated rings. The maximum Gasteiger partial charge on any atom is 0.329 e. The molecule has 0 radical (unpaired) electrons. The number of H-pyrrole nitrogens is 1. The highest BCUT2D eigenvalue weighted by molar-refractivity contribution is 6.37. The highest BCUT2D eigenvalue weighted by Crippen LogP contribution is 2.23. The molecule has 0 saturated carbocycles. The summed E-state index contributed by atoms with van der Waals surface area (Å²) in [6, 6.07) is 7.81.